The van der Waals surface area contributed by atoms with Gasteiger partial charge in [0.25, 0.3) is 0 Å². The molecule has 0 amide bonds. The molecule has 28 heavy (non-hydrogen) atoms. The van der Waals surface area contributed by atoms with Gasteiger partial charge >= 0.3 is 0 Å². The largest absolute Gasteiger partial charge is 0.339 e. The van der Waals surface area contributed by atoms with Gasteiger partial charge in [0.2, 0.25) is 11.7 Å². The molecule has 1 aliphatic rings. The fourth-order valence-corrected chi connectivity index (χ4v) is 4.57. The van der Waals surface area contributed by atoms with Crippen LogP contribution < -0.4 is 0 Å². The molecular weight excluding hydrogens is 370 g/mol. The summed E-state index contributed by atoms with van der Waals surface area (Å²) in [4.78, 5) is 4.74. The summed E-state index contributed by atoms with van der Waals surface area (Å²) in [5.74, 6) is 3.73. The number of rotatable bonds is 6. The van der Waals surface area contributed by atoms with E-state index < -0.39 is 0 Å². The fraction of sp³-hybridized carbons (Fsp3) is 0.571. The summed E-state index contributed by atoms with van der Waals surface area (Å²) in [5, 5.41) is 9.89. The van der Waals surface area contributed by atoms with Crippen LogP contribution in [-0.4, -0.2) is 43.1 Å². The zero-order valence-corrected chi connectivity index (χ0v) is 17.9. The second-order valence-electron chi connectivity index (χ2n) is 8.31. The van der Waals surface area contributed by atoms with Crippen molar-refractivity contribution >= 4 is 22.9 Å². The first-order valence-electron chi connectivity index (χ1n) is 10.2. The molecule has 3 aromatic rings. The molecule has 0 spiro atoms. The molecule has 4 rings (SSSR count). The van der Waals surface area contributed by atoms with Gasteiger partial charge in [-0.15, -0.1) is 0 Å². The Morgan fingerprint density at radius 1 is 1.18 bits per heavy atom. The highest BCUT2D eigenvalue weighted by molar-refractivity contribution is 7.97. The minimum atomic E-state index is 0.312. The van der Waals surface area contributed by atoms with Crippen LogP contribution >= 0.6 is 11.9 Å². The second-order valence-corrected chi connectivity index (χ2v) is 9.41. The highest BCUT2D eigenvalue weighted by Crippen LogP contribution is 2.32. The maximum atomic E-state index is 5.65. The monoisotopic (exact) mass is 399 g/mol. The molecule has 0 radical (unpaired) electrons. The molecule has 0 N–H and O–H groups in total. The molecular formula is C21H29N5OS. The fourth-order valence-electron chi connectivity index (χ4n) is 3.59. The molecule has 3 heterocycles. The maximum Gasteiger partial charge on any atom is 0.230 e. The predicted octanol–water partition coefficient (Wildman–Crippen LogP) is 5.15. The van der Waals surface area contributed by atoms with Crippen molar-refractivity contribution in [3.8, 4) is 11.4 Å². The normalized spacial score (nSPS) is 16.6. The summed E-state index contributed by atoms with van der Waals surface area (Å²) in [6.45, 7) is 11.0. The Hall–Kier alpha value is -1.86. The zero-order valence-electron chi connectivity index (χ0n) is 17.1. The van der Waals surface area contributed by atoms with Crippen LogP contribution in [0.2, 0.25) is 0 Å². The summed E-state index contributed by atoms with van der Waals surface area (Å²) >= 11 is 1.97. The molecule has 1 saturated heterocycles. The standard InChI is InChI=1S/C21H29N5OS/c1-14(2)13-28-25-9-7-16(8-10-25)21-23-20(24-27-21)17-5-6-18-12-22-26(15(3)4)19(18)11-17/h5-6,11-12,14-16H,7-10,13H2,1-4H3. The lowest BCUT2D eigenvalue weighted by Crippen LogP contribution is -2.28. The van der Waals surface area contributed by atoms with Gasteiger partial charge in [0.05, 0.1) is 11.7 Å². The quantitative estimate of drug-likeness (QED) is 0.534. The third kappa shape index (κ3) is 4.10. The zero-order chi connectivity index (χ0) is 19.7. The summed E-state index contributed by atoms with van der Waals surface area (Å²) in [6.07, 6.45) is 4.06. The van der Waals surface area contributed by atoms with E-state index in [1.165, 1.54) is 5.75 Å². The van der Waals surface area contributed by atoms with Gasteiger partial charge in [-0.2, -0.15) is 10.1 Å². The van der Waals surface area contributed by atoms with E-state index in [1.807, 2.05) is 22.8 Å². The molecule has 150 valence electrons. The molecule has 0 saturated carbocycles. The number of aromatic nitrogens is 4. The van der Waals surface area contributed by atoms with Crippen LogP contribution in [0.1, 0.15) is 58.4 Å². The number of benzene rings is 1. The minimum absolute atomic E-state index is 0.312. The Bertz CT molecular complexity index is 924. The molecule has 1 aromatic carbocycles. The van der Waals surface area contributed by atoms with Gasteiger partial charge in [-0.05, 0) is 38.7 Å². The Labute approximate surface area is 170 Å². The summed E-state index contributed by atoms with van der Waals surface area (Å²) in [5.41, 5.74) is 2.09. The van der Waals surface area contributed by atoms with Gasteiger partial charge in [-0.25, -0.2) is 0 Å². The average molecular weight is 400 g/mol. The third-order valence-corrected chi connectivity index (χ3v) is 6.73. The third-order valence-electron chi connectivity index (χ3n) is 5.18. The summed E-state index contributed by atoms with van der Waals surface area (Å²) in [7, 11) is 0. The molecule has 2 aromatic heterocycles. The number of fused-ring (bicyclic) bond motifs is 1. The van der Waals surface area contributed by atoms with Gasteiger partial charge in [0.15, 0.2) is 0 Å². The summed E-state index contributed by atoms with van der Waals surface area (Å²) < 4.78 is 10.2. The highest BCUT2D eigenvalue weighted by Gasteiger charge is 2.26. The number of hydrogen-bond donors (Lipinski definition) is 0. The number of piperidine rings is 1. The van der Waals surface area contributed by atoms with E-state index in [0.29, 0.717) is 17.8 Å². The van der Waals surface area contributed by atoms with Gasteiger partial charge in [0, 0.05) is 41.8 Å². The van der Waals surface area contributed by atoms with Crippen molar-refractivity contribution in [2.75, 3.05) is 18.8 Å². The lowest BCUT2D eigenvalue weighted by molar-refractivity contribution is 0.282. The molecule has 0 bridgehead atoms. The Balaban J connectivity index is 1.46. The molecule has 6 nitrogen and oxygen atoms in total. The van der Waals surface area contributed by atoms with Crippen molar-refractivity contribution < 1.29 is 4.52 Å². The Morgan fingerprint density at radius 3 is 2.68 bits per heavy atom. The van der Waals surface area contributed by atoms with Crippen LogP contribution in [0.5, 0.6) is 0 Å². The Morgan fingerprint density at radius 2 is 1.96 bits per heavy atom. The minimum Gasteiger partial charge on any atom is -0.339 e. The van der Waals surface area contributed by atoms with Crippen LogP contribution in [0.15, 0.2) is 28.9 Å². The van der Waals surface area contributed by atoms with Gasteiger partial charge in [0.1, 0.15) is 0 Å². The lowest BCUT2D eigenvalue weighted by Gasteiger charge is -2.29. The van der Waals surface area contributed by atoms with Crippen molar-refractivity contribution in [1.29, 1.82) is 0 Å². The molecule has 0 unspecified atom stereocenters. The number of nitrogens with zero attached hydrogens (tertiary/aromatic N) is 5. The first kappa shape index (κ1) is 19.5. The highest BCUT2D eigenvalue weighted by atomic mass is 32.2. The van der Waals surface area contributed by atoms with Gasteiger partial charge < -0.3 is 4.52 Å². The van der Waals surface area contributed by atoms with Crippen molar-refractivity contribution in [2.45, 2.75) is 52.5 Å². The topological polar surface area (TPSA) is 60.0 Å². The summed E-state index contributed by atoms with van der Waals surface area (Å²) in [6, 6.07) is 6.56. The van der Waals surface area contributed by atoms with E-state index in [-0.39, 0.29) is 0 Å². The van der Waals surface area contributed by atoms with Crippen LogP contribution in [0.4, 0.5) is 0 Å². The van der Waals surface area contributed by atoms with E-state index >= 15 is 0 Å². The van der Waals surface area contributed by atoms with Crippen LogP contribution in [-0.2, 0) is 0 Å². The van der Waals surface area contributed by atoms with Crippen molar-refractivity contribution in [3.05, 3.63) is 30.3 Å². The van der Waals surface area contributed by atoms with Gasteiger partial charge in [-0.1, -0.05) is 43.1 Å². The van der Waals surface area contributed by atoms with Gasteiger partial charge in [-0.3, -0.25) is 8.99 Å². The Kier molecular flexibility index (Phi) is 5.73. The van der Waals surface area contributed by atoms with Crippen molar-refractivity contribution in [2.24, 2.45) is 5.92 Å². The van der Waals surface area contributed by atoms with E-state index in [4.69, 9.17) is 9.51 Å². The van der Waals surface area contributed by atoms with Crippen molar-refractivity contribution in [1.82, 2.24) is 24.2 Å². The smallest absolute Gasteiger partial charge is 0.230 e. The van der Waals surface area contributed by atoms with Crippen LogP contribution in [0, 0.1) is 5.92 Å². The SMILES string of the molecule is CC(C)CSN1CCC(c2nc(-c3ccc4cnn(C(C)C)c4c3)no2)CC1. The van der Waals surface area contributed by atoms with Crippen molar-refractivity contribution in [3.63, 3.8) is 0 Å². The number of hydrogen-bond acceptors (Lipinski definition) is 6. The maximum absolute atomic E-state index is 5.65. The first-order chi connectivity index (χ1) is 13.5. The van der Waals surface area contributed by atoms with E-state index in [9.17, 15) is 0 Å². The lowest BCUT2D eigenvalue weighted by atomic mass is 9.98. The molecule has 0 aliphatic carbocycles. The molecule has 0 atom stereocenters. The molecule has 1 aliphatic heterocycles. The first-order valence-corrected chi connectivity index (χ1v) is 11.1. The van der Waals surface area contributed by atoms with E-state index in [0.717, 1.165) is 54.2 Å². The molecule has 7 heteroatoms. The van der Waals surface area contributed by atoms with Crippen LogP contribution in [0.3, 0.4) is 0 Å². The molecule has 1 fully saturated rings. The average Bonchev–Trinajstić information content (AvgIpc) is 3.33. The predicted molar refractivity (Wildman–Crippen MR) is 114 cm³/mol. The van der Waals surface area contributed by atoms with E-state index in [1.54, 1.807) is 0 Å². The second kappa shape index (κ2) is 8.25. The van der Waals surface area contributed by atoms with Crippen LogP contribution in [0.25, 0.3) is 22.3 Å². The van der Waals surface area contributed by atoms with E-state index in [2.05, 4.69) is 60.5 Å².